The summed E-state index contributed by atoms with van der Waals surface area (Å²) in [7, 11) is 2.97. The third-order valence-corrected chi connectivity index (χ3v) is 2.88. The lowest BCUT2D eigenvalue weighted by atomic mass is 9.83. The van der Waals surface area contributed by atoms with Crippen LogP contribution in [0.3, 0.4) is 0 Å². The predicted octanol–water partition coefficient (Wildman–Crippen LogP) is 3.14. The average Bonchev–Trinajstić information content (AvgIpc) is 2.35. The standard InChI is InChI=1S/C15H24N2O3/c1-10(8-15(2,3)4)7-11(18)13-14(20-6)17-12(19-5)9-16-13/h9-10H,7-8H2,1-6H3. The van der Waals surface area contributed by atoms with Crippen molar-refractivity contribution in [2.24, 2.45) is 11.3 Å². The molecule has 1 unspecified atom stereocenters. The van der Waals surface area contributed by atoms with Crippen LogP contribution in [0.15, 0.2) is 6.20 Å². The van der Waals surface area contributed by atoms with Crippen molar-refractivity contribution in [1.82, 2.24) is 9.97 Å². The van der Waals surface area contributed by atoms with E-state index in [4.69, 9.17) is 9.47 Å². The lowest BCUT2D eigenvalue weighted by molar-refractivity contribution is 0.0945. The molecule has 0 aromatic carbocycles. The zero-order valence-electron chi connectivity index (χ0n) is 13.2. The summed E-state index contributed by atoms with van der Waals surface area (Å²) in [4.78, 5) is 20.5. The smallest absolute Gasteiger partial charge is 0.246 e. The zero-order valence-corrected chi connectivity index (χ0v) is 13.2. The second-order valence-electron chi connectivity index (χ2n) is 6.27. The molecule has 1 heterocycles. The van der Waals surface area contributed by atoms with Crippen molar-refractivity contribution in [3.05, 3.63) is 11.9 Å². The summed E-state index contributed by atoms with van der Waals surface area (Å²) in [5, 5.41) is 0. The highest BCUT2D eigenvalue weighted by atomic mass is 16.5. The maximum Gasteiger partial charge on any atom is 0.246 e. The predicted molar refractivity (Wildman–Crippen MR) is 77.3 cm³/mol. The number of carbonyl (C=O) groups is 1. The van der Waals surface area contributed by atoms with E-state index in [1.807, 2.05) is 0 Å². The first-order chi connectivity index (χ1) is 9.26. The first-order valence-electron chi connectivity index (χ1n) is 6.75. The number of ether oxygens (including phenoxy) is 2. The molecule has 0 aliphatic heterocycles. The molecule has 1 aromatic rings. The first-order valence-corrected chi connectivity index (χ1v) is 6.75. The molecule has 0 spiro atoms. The molecular formula is C15H24N2O3. The Morgan fingerprint density at radius 2 is 1.95 bits per heavy atom. The summed E-state index contributed by atoms with van der Waals surface area (Å²) in [6.07, 6.45) is 2.85. The van der Waals surface area contributed by atoms with Crippen molar-refractivity contribution in [1.29, 1.82) is 0 Å². The number of hydrogen-bond donors (Lipinski definition) is 0. The van der Waals surface area contributed by atoms with Crippen LogP contribution < -0.4 is 9.47 Å². The molecule has 1 atom stereocenters. The number of rotatable bonds is 6. The first kappa shape index (κ1) is 16.4. The van der Waals surface area contributed by atoms with Crippen molar-refractivity contribution in [2.75, 3.05) is 14.2 Å². The molecule has 0 aliphatic carbocycles. The van der Waals surface area contributed by atoms with Gasteiger partial charge in [0.2, 0.25) is 11.8 Å². The fraction of sp³-hybridized carbons (Fsp3) is 0.667. The van der Waals surface area contributed by atoms with Gasteiger partial charge in [0.1, 0.15) is 0 Å². The molecule has 0 radical (unpaired) electrons. The van der Waals surface area contributed by atoms with Crippen LogP contribution in [0, 0.1) is 11.3 Å². The van der Waals surface area contributed by atoms with Crippen molar-refractivity contribution in [2.45, 2.75) is 40.5 Å². The summed E-state index contributed by atoms with van der Waals surface area (Å²) in [6, 6.07) is 0. The highest BCUT2D eigenvalue weighted by Crippen LogP contribution is 2.28. The van der Waals surface area contributed by atoms with E-state index < -0.39 is 0 Å². The van der Waals surface area contributed by atoms with Gasteiger partial charge in [-0.3, -0.25) is 4.79 Å². The van der Waals surface area contributed by atoms with Crippen LogP contribution in [0.4, 0.5) is 0 Å². The Labute approximate surface area is 120 Å². The van der Waals surface area contributed by atoms with E-state index in [0.29, 0.717) is 12.3 Å². The van der Waals surface area contributed by atoms with E-state index in [-0.39, 0.29) is 28.7 Å². The van der Waals surface area contributed by atoms with Gasteiger partial charge in [-0.2, -0.15) is 4.98 Å². The van der Waals surface area contributed by atoms with E-state index in [0.717, 1.165) is 6.42 Å². The summed E-state index contributed by atoms with van der Waals surface area (Å²) in [5.74, 6) is 0.795. The summed E-state index contributed by atoms with van der Waals surface area (Å²) in [5.41, 5.74) is 0.476. The van der Waals surface area contributed by atoms with Gasteiger partial charge < -0.3 is 9.47 Å². The molecule has 1 rings (SSSR count). The van der Waals surface area contributed by atoms with Gasteiger partial charge in [0.05, 0.1) is 20.4 Å². The topological polar surface area (TPSA) is 61.3 Å². The van der Waals surface area contributed by atoms with Crippen LogP contribution in [0.25, 0.3) is 0 Å². The van der Waals surface area contributed by atoms with Gasteiger partial charge in [-0.25, -0.2) is 4.98 Å². The fourth-order valence-electron chi connectivity index (χ4n) is 2.32. The lowest BCUT2D eigenvalue weighted by Crippen LogP contribution is -2.16. The minimum absolute atomic E-state index is 0.0475. The van der Waals surface area contributed by atoms with Gasteiger partial charge >= 0.3 is 0 Å². The molecule has 1 aromatic heterocycles. The van der Waals surface area contributed by atoms with Crippen LogP contribution in [-0.2, 0) is 0 Å². The highest BCUT2D eigenvalue weighted by Gasteiger charge is 2.22. The summed E-state index contributed by atoms with van der Waals surface area (Å²) < 4.78 is 10.1. The molecule has 5 nitrogen and oxygen atoms in total. The maximum absolute atomic E-state index is 12.3. The molecule has 0 bridgehead atoms. The SMILES string of the molecule is COc1cnc(C(=O)CC(C)CC(C)(C)C)c(OC)n1. The molecule has 0 amide bonds. The maximum atomic E-state index is 12.3. The van der Waals surface area contributed by atoms with Crippen LogP contribution >= 0.6 is 0 Å². The molecule has 0 aliphatic rings. The van der Waals surface area contributed by atoms with Crippen molar-refractivity contribution < 1.29 is 14.3 Å². The zero-order chi connectivity index (χ0) is 15.3. The fourth-order valence-corrected chi connectivity index (χ4v) is 2.32. The Bertz CT molecular complexity index is 467. The lowest BCUT2D eigenvalue weighted by Gasteiger charge is -2.22. The summed E-state index contributed by atoms with van der Waals surface area (Å²) in [6.45, 7) is 8.58. The Kier molecular flexibility index (Phi) is 5.48. The normalized spacial score (nSPS) is 12.9. The minimum Gasteiger partial charge on any atom is -0.480 e. The van der Waals surface area contributed by atoms with Gasteiger partial charge in [0.15, 0.2) is 11.5 Å². The number of hydrogen-bond acceptors (Lipinski definition) is 5. The van der Waals surface area contributed by atoms with Crippen molar-refractivity contribution in [3.8, 4) is 11.8 Å². The van der Waals surface area contributed by atoms with Gasteiger partial charge in [-0.05, 0) is 17.8 Å². The monoisotopic (exact) mass is 280 g/mol. The van der Waals surface area contributed by atoms with Crippen LogP contribution in [0.2, 0.25) is 0 Å². The second kappa shape index (κ2) is 6.68. The van der Waals surface area contributed by atoms with Crippen LogP contribution in [-0.4, -0.2) is 30.0 Å². The summed E-state index contributed by atoms with van der Waals surface area (Å²) >= 11 is 0. The average molecular weight is 280 g/mol. The highest BCUT2D eigenvalue weighted by molar-refractivity contribution is 5.96. The Morgan fingerprint density at radius 3 is 2.45 bits per heavy atom. The van der Waals surface area contributed by atoms with Crippen LogP contribution in [0.1, 0.15) is 51.0 Å². The van der Waals surface area contributed by atoms with Crippen molar-refractivity contribution in [3.63, 3.8) is 0 Å². The minimum atomic E-state index is -0.0475. The number of carbonyl (C=O) groups excluding carboxylic acids is 1. The Balaban J connectivity index is 2.82. The Hall–Kier alpha value is -1.65. The van der Waals surface area contributed by atoms with Crippen molar-refractivity contribution >= 4 is 5.78 Å². The molecule has 0 saturated heterocycles. The van der Waals surface area contributed by atoms with E-state index in [9.17, 15) is 4.79 Å². The number of ketones is 1. The van der Waals surface area contributed by atoms with Gasteiger partial charge in [-0.15, -0.1) is 0 Å². The van der Waals surface area contributed by atoms with Crippen LogP contribution in [0.5, 0.6) is 11.8 Å². The quantitative estimate of drug-likeness (QED) is 0.749. The molecule has 0 saturated carbocycles. The Morgan fingerprint density at radius 1 is 1.30 bits per heavy atom. The molecule has 20 heavy (non-hydrogen) atoms. The number of Topliss-reactive ketones (excluding diaryl/α,β-unsaturated/α-hetero) is 1. The number of aromatic nitrogens is 2. The second-order valence-corrected chi connectivity index (χ2v) is 6.27. The van der Waals surface area contributed by atoms with E-state index >= 15 is 0 Å². The van der Waals surface area contributed by atoms with Gasteiger partial charge in [-0.1, -0.05) is 27.7 Å². The molecule has 5 heteroatoms. The van der Waals surface area contributed by atoms with E-state index in [1.165, 1.54) is 20.4 Å². The van der Waals surface area contributed by atoms with Gasteiger partial charge in [0, 0.05) is 6.42 Å². The molecular weight excluding hydrogens is 256 g/mol. The third kappa shape index (κ3) is 4.79. The molecule has 0 fully saturated rings. The number of nitrogens with zero attached hydrogens (tertiary/aromatic N) is 2. The molecule has 0 N–H and O–H groups in total. The van der Waals surface area contributed by atoms with E-state index in [2.05, 4.69) is 37.7 Å². The largest absolute Gasteiger partial charge is 0.480 e. The van der Waals surface area contributed by atoms with Gasteiger partial charge in [0.25, 0.3) is 0 Å². The molecule has 112 valence electrons. The third-order valence-electron chi connectivity index (χ3n) is 2.88. The number of methoxy groups -OCH3 is 2. The van der Waals surface area contributed by atoms with E-state index in [1.54, 1.807) is 0 Å².